The molecule has 3 rings (SSSR count). The Labute approximate surface area is 166 Å². The molecule has 2 aromatic heterocycles. The smallest absolute Gasteiger partial charge is 0.257 e. The lowest BCUT2D eigenvalue weighted by atomic mass is 9.99. The number of halogens is 1. The summed E-state index contributed by atoms with van der Waals surface area (Å²) >= 11 is 7.06. The van der Waals surface area contributed by atoms with Gasteiger partial charge in [-0.3, -0.25) is 14.8 Å². The van der Waals surface area contributed by atoms with Gasteiger partial charge in [0.15, 0.2) is 5.13 Å². The highest BCUT2D eigenvalue weighted by molar-refractivity contribution is 7.92. The molecule has 0 aliphatic heterocycles. The Balaban J connectivity index is 1.86. The highest BCUT2D eigenvalue weighted by atomic mass is 35.5. The molecule has 10 heteroatoms. The Morgan fingerprint density at radius 3 is 2.56 bits per heavy atom. The van der Waals surface area contributed by atoms with Gasteiger partial charge in [0.2, 0.25) is 10.0 Å². The molecule has 144 valence electrons. The van der Waals surface area contributed by atoms with Gasteiger partial charge in [0.05, 0.1) is 12.5 Å². The van der Waals surface area contributed by atoms with E-state index in [1.54, 1.807) is 6.07 Å². The molecule has 1 aliphatic carbocycles. The summed E-state index contributed by atoms with van der Waals surface area (Å²) in [5.41, 5.74) is 1.10. The molecule has 0 atom stereocenters. The normalized spacial score (nSPS) is 15.7. The van der Waals surface area contributed by atoms with Crippen LogP contribution in [0.2, 0.25) is 4.34 Å². The lowest BCUT2D eigenvalue weighted by molar-refractivity contribution is -0.111. The summed E-state index contributed by atoms with van der Waals surface area (Å²) in [4.78, 5) is 21.0. The van der Waals surface area contributed by atoms with Crippen molar-refractivity contribution in [1.82, 2.24) is 9.97 Å². The largest absolute Gasteiger partial charge is 0.298 e. The fourth-order valence-electron chi connectivity index (χ4n) is 2.94. The van der Waals surface area contributed by atoms with Crippen LogP contribution in [0.1, 0.15) is 31.2 Å². The van der Waals surface area contributed by atoms with E-state index >= 15 is 0 Å². The SMILES string of the molecule is CS(=O)(=O)Nc1ccc(C(=CC2CCCC2)C(=O)Nc2ncc(Cl)s2)cn1. The van der Waals surface area contributed by atoms with E-state index in [9.17, 15) is 13.2 Å². The molecule has 2 aromatic rings. The maximum atomic E-state index is 12.8. The maximum Gasteiger partial charge on any atom is 0.257 e. The summed E-state index contributed by atoms with van der Waals surface area (Å²) in [7, 11) is -3.41. The second-order valence-corrected chi connectivity index (χ2v) is 9.77. The number of sulfonamides is 1. The zero-order valence-electron chi connectivity index (χ0n) is 14.6. The number of allylic oxidation sites excluding steroid dienone is 1. The predicted molar refractivity (Wildman–Crippen MR) is 108 cm³/mol. The Bertz CT molecular complexity index is 949. The van der Waals surface area contributed by atoms with Gasteiger partial charge in [0, 0.05) is 17.3 Å². The van der Waals surface area contributed by atoms with Gasteiger partial charge in [0.25, 0.3) is 5.91 Å². The van der Waals surface area contributed by atoms with Crippen LogP contribution in [0, 0.1) is 5.92 Å². The number of nitrogens with one attached hydrogen (secondary N) is 2. The second kappa shape index (κ2) is 8.37. The van der Waals surface area contributed by atoms with Gasteiger partial charge in [-0.2, -0.15) is 0 Å². The number of pyridine rings is 1. The van der Waals surface area contributed by atoms with Crippen LogP contribution in [0.25, 0.3) is 5.57 Å². The summed E-state index contributed by atoms with van der Waals surface area (Å²) < 4.78 is 25.4. The van der Waals surface area contributed by atoms with E-state index in [0.717, 1.165) is 31.9 Å². The minimum atomic E-state index is -3.41. The van der Waals surface area contributed by atoms with Gasteiger partial charge in [-0.25, -0.2) is 18.4 Å². The first-order valence-electron chi connectivity index (χ1n) is 8.39. The molecule has 27 heavy (non-hydrogen) atoms. The predicted octanol–water partition coefficient (Wildman–Crippen LogP) is 3.78. The van der Waals surface area contributed by atoms with Crippen molar-refractivity contribution in [3.63, 3.8) is 0 Å². The number of hydrogen-bond donors (Lipinski definition) is 2. The number of nitrogens with zero attached hydrogens (tertiary/aromatic N) is 2. The summed E-state index contributed by atoms with van der Waals surface area (Å²) in [6.45, 7) is 0. The van der Waals surface area contributed by atoms with E-state index in [2.05, 4.69) is 20.0 Å². The van der Waals surface area contributed by atoms with Crippen LogP contribution in [0.15, 0.2) is 30.6 Å². The van der Waals surface area contributed by atoms with Crippen molar-refractivity contribution in [2.24, 2.45) is 5.92 Å². The van der Waals surface area contributed by atoms with Crippen molar-refractivity contribution in [2.45, 2.75) is 25.7 Å². The van der Waals surface area contributed by atoms with Gasteiger partial charge in [-0.15, -0.1) is 0 Å². The first-order chi connectivity index (χ1) is 12.8. The van der Waals surface area contributed by atoms with E-state index < -0.39 is 10.0 Å². The van der Waals surface area contributed by atoms with Gasteiger partial charge in [-0.1, -0.05) is 41.9 Å². The van der Waals surface area contributed by atoms with Gasteiger partial charge < -0.3 is 0 Å². The number of amides is 1. The molecule has 1 aliphatic rings. The maximum absolute atomic E-state index is 12.8. The molecular weight excluding hydrogens is 408 g/mol. The topological polar surface area (TPSA) is 101 Å². The van der Waals surface area contributed by atoms with Gasteiger partial charge >= 0.3 is 0 Å². The molecule has 0 spiro atoms. The lowest BCUT2D eigenvalue weighted by Gasteiger charge is -2.11. The van der Waals surface area contributed by atoms with Gasteiger partial charge in [-0.05, 0) is 30.9 Å². The number of carbonyl (C=O) groups excluding carboxylic acids is 1. The minimum Gasteiger partial charge on any atom is -0.298 e. The average Bonchev–Trinajstić information content (AvgIpc) is 3.24. The third-order valence-electron chi connectivity index (χ3n) is 4.11. The quantitative estimate of drug-likeness (QED) is 0.684. The molecule has 7 nitrogen and oxygen atoms in total. The number of anilines is 2. The number of hydrogen-bond acceptors (Lipinski definition) is 6. The van der Waals surface area contributed by atoms with Crippen molar-refractivity contribution in [2.75, 3.05) is 16.3 Å². The highest BCUT2D eigenvalue weighted by Crippen LogP contribution is 2.30. The number of carbonyl (C=O) groups is 1. The van der Waals surface area contributed by atoms with Crippen LogP contribution in [0.3, 0.4) is 0 Å². The van der Waals surface area contributed by atoms with E-state index in [4.69, 9.17) is 11.6 Å². The lowest BCUT2D eigenvalue weighted by Crippen LogP contribution is -2.15. The van der Waals surface area contributed by atoms with Crippen LogP contribution < -0.4 is 10.0 Å². The van der Waals surface area contributed by atoms with E-state index in [1.807, 2.05) is 6.08 Å². The van der Waals surface area contributed by atoms with Crippen LogP contribution in [-0.2, 0) is 14.8 Å². The second-order valence-electron chi connectivity index (χ2n) is 6.35. The molecule has 0 radical (unpaired) electrons. The van der Waals surface area contributed by atoms with Crippen molar-refractivity contribution >= 4 is 55.4 Å². The van der Waals surface area contributed by atoms with Crippen LogP contribution >= 0.6 is 22.9 Å². The third kappa shape index (κ3) is 5.75. The van der Waals surface area contributed by atoms with Crippen molar-refractivity contribution in [1.29, 1.82) is 0 Å². The summed E-state index contributed by atoms with van der Waals surface area (Å²) in [6, 6.07) is 3.21. The molecule has 2 N–H and O–H groups in total. The fraction of sp³-hybridized carbons (Fsp3) is 0.353. The van der Waals surface area contributed by atoms with Gasteiger partial charge in [0.1, 0.15) is 10.2 Å². The average molecular weight is 427 g/mol. The van der Waals surface area contributed by atoms with Crippen LogP contribution in [0.5, 0.6) is 0 Å². The molecule has 0 aromatic carbocycles. The van der Waals surface area contributed by atoms with E-state index in [-0.39, 0.29) is 11.7 Å². The molecule has 0 unspecified atom stereocenters. The number of thiazole rings is 1. The Morgan fingerprint density at radius 2 is 2.00 bits per heavy atom. The van der Waals surface area contributed by atoms with Crippen molar-refractivity contribution < 1.29 is 13.2 Å². The molecule has 2 heterocycles. The monoisotopic (exact) mass is 426 g/mol. The minimum absolute atomic E-state index is 0.202. The number of rotatable bonds is 6. The fourth-order valence-corrected chi connectivity index (χ4v) is 4.25. The molecule has 1 fully saturated rings. The van der Waals surface area contributed by atoms with Crippen LogP contribution in [0.4, 0.5) is 10.9 Å². The standard InChI is InChI=1S/C17H19ClN4O3S2/c1-27(24,25)22-15-7-6-12(9-19-15)13(8-11-4-2-3-5-11)16(23)21-17-20-10-14(18)26-17/h6-11H,2-5H2,1H3,(H,19,22)(H,20,21,23). The van der Waals surface area contributed by atoms with Crippen molar-refractivity contribution in [3.8, 4) is 0 Å². The zero-order valence-corrected chi connectivity index (χ0v) is 17.0. The summed E-state index contributed by atoms with van der Waals surface area (Å²) in [5, 5.41) is 3.19. The Morgan fingerprint density at radius 1 is 1.26 bits per heavy atom. The van der Waals surface area contributed by atoms with E-state index in [0.29, 0.717) is 26.5 Å². The molecular formula is C17H19ClN4O3S2. The number of aromatic nitrogens is 2. The first-order valence-corrected chi connectivity index (χ1v) is 11.5. The first kappa shape index (κ1) is 19.8. The Kier molecular flexibility index (Phi) is 6.13. The molecule has 0 bridgehead atoms. The van der Waals surface area contributed by atoms with Crippen molar-refractivity contribution in [3.05, 3.63) is 40.5 Å². The Hall–Kier alpha value is -1.97. The third-order valence-corrected chi connectivity index (χ3v) is 5.72. The van der Waals surface area contributed by atoms with Crippen LogP contribution in [-0.4, -0.2) is 30.5 Å². The molecule has 1 saturated carbocycles. The summed E-state index contributed by atoms with van der Waals surface area (Å²) in [6.07, 6.45) is 10.4. The highest BCUT2D eigenvalue weighted by Gasteiger charge is 2.19. The molecule has 0 saturated heterocycles. The van der Waals surface area contributed by atoms with E-state index in [1.165, 1.54) is 29.8 Å². The zero-order chi connectivity index (χ0) is 19.4. The molecule has 1 amide bonds. The summed E-state index contributed by atoms with van der Waals surface area (Å²) in [5.74, 6) is 0.242.